The summed E-state index contributed by atoms with van der Waals surface area (Å²) in [5, 5.41) is 4.38. The van der Waals surface area contributed by atoms with Gasteiger partial charge in [-0.25, -0.2) is 0 Å². The Morgan fingerprint density at radius 3 is 2.09 bits per heavy atom. The summed E-state index contributed by atoms with van der Waals surface area (Å²) in [5.41, 5.74) is 0.0972. The third-order valence-electron chi connectivity index (χ3n) is 1.27. The average Bonchev–Trinajstić information content (AvgIpc) is 2.08. The van der Waals surface area contributed by atoms with E-state index in [1.807, 2.05) is 4.68 Å². The Hall–Kier alpha value is 0.670. The molecule has 1 aromatic rings. The molecule has 1 aromatic heterocycles. The maximum Gasteiger partial charge on any atom is 0.124 e. The molecule has 0 N–H and O–H groups in total. The monoisotopic (exact) mass is 376 g/mol. The van der Waals surface area contributed by atoms with Gasteiger partial charge in [-0.1, -0.05) is 0 Å². The molecule has 62 valence electrons. The highest BCUT2D eigenvalue weighted by Gasteiger charge is 2.16. The topological polar surface area (TPSA) is 17.8 Å². The third-order valence-corrected chi connectivity index (χ3v) is 2.57. The summed E-state index contributed by atoms with van der Waals surface area (Å²) < 4.78 is 4.29. The second-order valence-corrected chi connectivity index (χ2v) is 5.58. The van der Waals surface area contributed by atoms with Crippen LogP contribution in [0.4, 0.5) is 0 Å². The minimum absolute atomic E-state index is 0.0972. The second-order valence-electron chi connectivity index (χ2n) is 3.37. The first-order valence-corrected chi connectivity index (χ1v) is 5.48. The van der Waals surface area contributed by atoms with Gasteiger partial charge in [-0.15, -0.1) is 0 Å². The highest BCUT2D eigenvalue weighted by Crippen LogP contribution is 2.19. The van der Waals surface area contributed by atoms with E-state index in [1.165, 1.54) is 3.70 Å². The molecule has 4 heteroatoms. The molecular weight excluding hydrogens is 366 g/mol. The molecular formula is C7H10I2N2. The van der Waals surface area contributed by atoms with Crippen LogP contribution in [0.2, 0.25) is 0 Å². The maximum absolute atomic E-state index is 4.38. The molecule has 0 unspecified atom stereocenters. The lowest BCUT2D eigenvalue weighted by molar-refractivity contribution is 0.346. The van der Waals surface area contributed by atoms with Gasteiger partial charge >= 0.3 is 0 Å². The Labute approximate surface area is 94.0 Å². The fourth-order valence-electron chi connectivity index (χ4n) is 0.802. The molecule has 1 heterocycles. The zero-order chi connectivity index (χ0) is 8.65. The second kappa shape index (κ2) is 3.20. The molecule has 11 heavy (non-hydrogen) atoms. The van der Waals surface area contributed by atoms with Gasteiger partial charge < -0.3 is 0 Å². The van der Waals surface area contributed by atoms with Gasteiger partial charge in [-0.2, -0.15) is 5.10 Å². The summed E-state index contributed by atoms with van der Waals surface area (Å²) in [4.78, 5) is 0. The van der Waals surface area contributed by atoms with Gasteiger partial charge in [0.2, 0.25) is 0 Å². The number of nitrogens with zero attached hydrogens (tertiary/aromatic N) is 2. The van der Waals surface area contributed by atoms with Crippen molar-refractivity contribution < 1.29 is 0 Å². The minimum atomic E-state index is 0.0972. The SMILES string of the molecule is CC(C)(C)n1nc(I)cc1I. The van der Waals surface area contributed by atoms with Crippen LogP contribution < -0.4 is 0 Å². The highest BCUT2D eigenvalue weighted by molar-refractivity contribution is 14.1. The van der Waals surface area contributed by atoms with E-state index in [0.29, 0.717) is 0 Å². The summed E-state index contributed by atoms with van der Waals surface area (Å²) in [5.74, 6) is 0. The van der Waals surface area contributed by atoms with Gasteiger partial charge in [0.15, 0.2) is 0 Å². The number of halogens is 2. The fraction of sp³-hybridized carbons (Fsp3) is 0.571. The Balaban J connectivity index is 3.13. The Morgan fingerprint density at radius 1 is 1.36 bits per heavy atom. The van der Waals surface area contributed by atoms with Crippen LogP contribution in [0.25, 0.3) is 0 Å². The number of aromatic nitrogens is 2. The molecule has 2 nitrogen and oxygen atoms in total. The summed E-state index contributed by atoms with van der Waals surface area (Å²) in [6.07, 6.45) is 0. The van der Waals surface area contributed by atoms with Crippen LogP contribution in [0.15, 0.2) is 6.07 Å². The van der Waals surface area contributed by atoms with Crippen LogP contribution in [-0.2, 0) is 5.54 Å². The van der Waals surface area contributed by atoms with E-state index >= 15 is 0 Å². The summed E-state index contributed by atoms with van der Waals surface area (Å²) >= 11 is 4.53. The van der Waals surface area contributed by atoms with Crippen molar-refractivity contribution in [2.45, 2.75) is 26.3 Å². The molecule has 0 aromatic carbocycles. The third kappa shape index (κ3) is 2.30. The van der Waals surface area contributed by atoms with E-state index in [0.717, 1.165) is 3.70 Å². The van der Waals surface area contributed by atoms with Gasteiger partial charge in [0, 0.05) is 6.07 Å². The van der Waals surface area contributed by atoms with Crippen molar-refractivity contribution in [2.75, 3.05) is 0 Å². The van der Waals surface area contributed by atoms with Crippen LogP contribution in [-0.4, -0.2) is 9.78 Å². The van der Waals surface area contributed by atoms with Crippen molar-refractivity contribution in [3.63, 3.8) is 0 Å². The molecule has 0 atom stereocenters. The maximum atomic E-state index is 4.38. The van der Waals surface area contributed by atoms with Gasteiger partial charge in [0.1, 0.15) is 7.40 Å². The Bertz CT molecular complexity index is 260. The first-order valence-electron chi connectivity index (χ1n) is 3.33. The molecule has 0 radical (unpaired) electrons. The molecule has 0 aliphatic rings. The van der Waals surface area contributed by atoms with Crippen LogP contribution in [0.3, 0.4) is 0 Å². The molecule has 0 fully saturated rings. The van der Waals surface area contributed by atoms with E-state index < -0.39 is 0 Å². The summed E-state index contributed by atoms with van der Waals surface area (Å²) in [7, 11) is 0. The number of hydrogen-bond acceptors (Lipinski definition) is 1. The molecule has 0 aliphatic heterocycles. The lowest BCUT2D eigenvalue weighted by Gasteiger charge is -2.20. The van der Waals surface area contributed by atoms with Crippen molar-refractivity contribution in [3.8, 4) is 0 Å². The van der Waals surface area contributed by atoms with Crippen molar-refractivity contribution >= 4 is 45.2 Å². The molecule has 0 bridgehead atoms. The predicted molar refractivity (Wildman–Crippen MR) is 62.7 cm³/mol. The standard InChI is InChI=1S/C7H10I2N2/c1-7(2,3)11-6(9)4-5(8)10-11/h4H,1-3H3. The highest BCUT2D eigenvalue weighted by atomic mass is 127. The van der Waals surface area contributed by atoms with E-state index in [1.54, 1.807) is 0 Å². The number of hydrogen-bond donors (Lipinski definition) is 0. The van der Waals surface area contributed by atoms with E-state index in [-0.39, 0.29) is 5.54 Å². The molecule has 1 rings (SSSR count). The quantitative estimate of drug-likeness (QED) is 0.637. The van der Waals surface area contributed by atoms with Crippen molar-refractivity contribution in [1.82, 2.24) is 9.78 Å². The first-order chi connectivity index (χ1) is 4.91. The molecule has 0 aliphatic carbocycles. The van der Waals surface area contributed by atoms with Crippen LogP contribution in [0.5, 0.6) is 0 Å². The van der Waals surface area contributed by atoms with Gasteiger partial charge in [0.25, 0.3) is 0 Å². The first kappa shape index (κ1) is 9.76. The Kier molecular flexibility index (Phi) is 2.83. The number of rotatable bonds is 0. The normalized spacial score (nSPS) is 12.1. The molecule has 0 saturated carbocycles. The van der Waals surface area contributed by atoms with Gasteiger partial charge in [-0.3, -0.25) is 4.68 Å². The smallest absolute Gasteiger partial charge is 0.124 e. The largest absolute Gasteiger partial charge is 0.253 e. The van der Waals surface area contributed by atoms with E-state index in [4.69, 9.17) is 0 Å². The Morgan fingerprint density at radius 2 is 1.91 bits per heavy atom. The fourth-order valence-corrected chi connectivity index (χ4v) is 3.04. The average molecular weight is 376 g/mol. The van der Waals surface area contributed by atoms with E-state index in [2.05, 4.69) is 77.1 Å². The van der Waals surface area contributed by atoms with Gasteiger partial charge in [0.05, 0.1) is 5.54 Å². The van der Waals surface area contributed by atoms with Crippen LogP contribution in [0.1, 0.15) is 20.8 Å². The van der Waals surface area contributed by atoms with Crippen molar-refractivity contribution in [1.29, 1.82) is 0 Å². The predicted octanol–water partition coefficient (Wildman–Crippen LogP) is 2.85. The summed E-state index contributed by atoms with van der Waals surface area (Å²) in [6, 6.07) is 2.08. The van der Waals surface area contributed by atoms with Crippen molar-refractivity contribution in [2.24, 2.45) is 0 Å². The van der Waals surface area contributed by atoms with Crippen molar-refractivity contribution in [3.05, 3.63) is 13.5 Å². The zero-order valence-electron chi connectivity index (χ0n) is 6.73. The molecule has 0 saturated heterocycles. The van der Waals surface area contributed by atoms with Crippen LogP contribution in [0, 0.1) is 7.40 Å². The van der Waals surface area contributed by atoms with Gasteiger partial charge in [-0.05, 0) is 66.0 Å². The molecule has 0 amide bonds. The van der Waals surface area contributed by atoms with Crippen LogP contribution >= 0.6 is 45.2 Å². The lowest BCUT2D eigenvalue weighted by Crippen LogP contribution is -2.24. The zero-order valence-corrected chi connectivity index (χ0v) is 11.0. The summed E-state index contributed by atoms with van der Waals surface area (Å²) in [6.45, 7) is 6.45. The van der Waals surface area contributed by atoms with E-state index in [9.17, 15) is 0 Å². The molecule has 0 spiro atoms. The lowest BCUT2D eigenvalue weighted by atomic mass is 10.1. The minimum Gasteiger partial charge on any atom is -0.253 e.